The van der Waals surface area contributed by atoms with E-state index < -0.39 is 15.9 Å². The summed E-state index contributed by atoms with van der Waals surface area (Å²) >= 11 is 0. The van der Waals surface area contributed by atoms with E-state index >= 15 is 0 Å². The SMILES string of the molecule is CS(=O)(=O)NC(=O)CCCN1CCC(N)CC1. The second-order valence-corrected chi connectivity index (χ2v) is 6.33. The molecule has 0 atom stereocenters. The molecular weight excluding hydrogens is 242 g/mol. The molecular formula is C10H21N3O3S. The van der Waals surface area contributed by atoms with E-state index in [9.17, 15) is 13.2 Å². The van der Waals surface area contributed by atoms with Crippen LogP contribution in [0.3, 0.4) is 0 Å². The molecule has 1 rings (SSSR count). The lowest BCUT2D eigenvalue weighted by atomic mass is 10.1. The lowest BCUT2D eigenvalue weighted by Crippen LogP contribution is -2.40. The van der Waals surface area contributed by atoms with Crippen molar-refractivity contribution in [2.24, 2.45) is 5.73 Å². The van der Waals surface area contributed by atoms with Gasteiger partial charge in [-0.2, -0.15) is 0 Å². The Hall–Kier alpha value is -0.660. The molecule has 1 fully saturated rings. The number of amides is 1. The van der Waals surface area contributed by atoms with Crippen molar-refractivity contribution in [2.45, 2.75) is 31.7 Å². The molecule has 1 amide bonds. The Labute approximate surface area is 103 Å². The second kappa shape index (κ2) is 6.32. The standard InChI is InChI=1S/C10H21N3O3S/c1-17(15,16)12-10(14)3-2-6-13-7-4-9(11)5-8-13/h9H,2-8,11H2,1H3,(H,12,14). The maximum Gasteiger partial charge on any atom is 0.233 e. The lowest BCUT2D eigenvalue weighted by molar-refractivity contribution is -0.119. The Morgan fingerprint density at radius 2 is 2.00 bits per heavy atom. The fourth-order valence-corrected chi connectivity index (χ4v) is 2.41. The van der Waals surface area contributed by atoms with Gasteiger partial charge in [-0.25, -0.2) is 8.42 Å². The van der Waals surface area contributed by atoms with Crippen LogP contribution in [0.15, 0.2) is 0 Å². The number of sulfonamides is 1. The number of hydrogen-bond donors (Lipinski definition) is 2. The van der Waals surface area contributed by atoms with Gasteiger partial charge in [0.05, 0.1) is 6.26 Å². The minimum Gasteiger partial charge on any atom is -0.328 e. The Balaban J connectivity index is 2.13. The number of likely N-dealkylation sites (tertiary alicyclic amines) is 1. The van der Waals surface area contributed by atoms with Crippen molar-refractivity contribution in [1.29, 1.82) is 0 Å². The van der Waals surface area contributed by atoms with Gasteiger partial charge in [-0.3, -0.25) is 9.52 Å². The lowest BCUT2D eigenvalue weighted by Gasteiger charge is -2.29. The molecule has 0 unspecified atom stereocenters. The minimum absolute atomic E-state index is 0.246. The monoisotopic (exact) mass is 263 g/mol. The highest BCUT2D eigenvalue weighted by Crippen LogP contribution is 2.08. The predicted molar refractivity (Wildman–Crippen MR) is 65.9 cm³/mol. The molecule has 1 aliphatic rings. The van der Waals surface area contributed by atoms with E-state index in [-0.39, 0.29) is 6.42 Å². The number of nitrogens with two attached hydrogens (primary N) is 1. The van der Waals surface area contributed by atoms with Crippen molar-refractivity contribution < 1.29 is 13.2 Å². The number of carbonyl (C=O) groups is 1. The molecule has 1 heterocycles. The van der Waals surface area contributed by atoms with E-state index in [4.69, 9.17) is 5.73 Å². The molecule has 1 saturated heterocycles. The first-order chi connectivity index (χ1) is 7.87. The zero-order valence-electron chi connectivity index (χ0n) is 10.2. The van der Waals surface area contributed by atoms with Crippen molar-refractivity contribution in [3.8, 4) is 0 Å². The van der Waals surface area contributed by atoms with E-state index in [1.165, 1.54) is 0 Å². The molecule has 0 saturated carbocycles. The van der Waals surface area contributed by atoms with Crippen LogP contribution >= 0.6 is 0 Å². The maximum absolute atomic E-state index is 11.2. The van der Waals surface area contributed by atoms with Crippen molar-refractivity contribution >= 4 is 15.9 Å². The van der Waals surface area contributed by atoms with Gasteiger partial charge in [-0.1, -0.05) is 0 Å². The van der Waals surface area contributed by atoms with Gasteiger partial charge in [0.2, 0.25) is 15.9 Å². The van der Waals surface area contributed by atoms with Crippen molar-refractivity contribution in [3.63, 3.8) is 0 Å². The molecule has 7 heteroatoms. The first-order valence-corrected chi connectivity index (χ1v) is 7.74. The third kappa shape index (κ3) is 6.60. The normalized spacial score (nSPS) is 19.2. The molecule has 17 heavy (non-hydrogen) atoms. The van der Waals surface area contributed by atoms with Crippen LogP contribution in [-0.2, 0) is 14.8 Å². The highest BCUT2D eigenvalue weighted by atomic mass is 32.2. The quantitative estimate of drug-likeness (QED) is 0.682. The molecule has 0 aromatic carbocycles. The van der Waals surface area contributed by atoms with E-state index in [0.29, 0.717) is 12.5 Å². The molecule has 0 aliphatic carbocycles. The summed E-state index contributed by atoms with van der Waals surface area (Å²) in [4.78, 5) is 13.5. The van der Waals surface area contributed by atoms with E-state index in [2.05, 4.69) is 4.90 Å². The molecule has 6 nitrogen and oxygen atoms in total. The summed E-state index contributed by atoms with van der Waals surface area (Å²) in [6, 6.07) is 0.305. The fourth-order valence-electron chi connectivity index (χ4n) is 1.90. The van der Waals surface area contributed by atoms with Crippen molar-refractivity contribution in [3.05, 3.63) is 0 Å². The average molecular weight is 263 g/mol. The Bertz CT molecular complexity index is 348. The van der Waals surface area contributed by atoms with Gasteiger partial charge in [-0.15, -0.1) is 0 Å². The van der Waals surface area contributed by atoms with Gasteiger partial charge in [0.15, 0.2) is 0 Å². The van der Waals surface area contributed by atoms with Crippen molar-refractivity contribution in [2.75, 3.05) is 25.9 Å². The number of rotatable bonds is 5. The maximum atomic E-state index is 11.2. The smallest absolute Gasteiger partial charge is 0.233 e. The summed E-state index contributed by atoms with van der Waals surface area (Å²) in [7, 11) is -3.42. The van der Waals surface area contributed by atoms with Crippen LogP contribution in [0.25, 0.3) is 0 Å². The van der Waals surface area contributed by atoms with Crippen LogP contribution in [0.2, 0.25) is 0 Å². The fraction of sp³-hybridized carbons (Fsp3) is 0.900. The van der Waals surface area contributed by atoms with Gasteiger partial charge in [0.1, 0.15) is 0 Å². The van der Waals surface area contributed by atoms with Crippen LogP contribution in [-0.4, -0.2) is 51.2 Å². The number of hydrogen-bond acceptors (Lipinski definition) is 5. The predicted octanol–water partition coefficient (Wildman–Crippen LogP) is -0.734. The molecule has 0 radical (unpaired) electrons. The number of nitrogens with one attached hydrogen (secondary N) is 1. The zero-order valence-corrected chi connectivity index (χ0v) is 11.0. The average Bonchev–Trinajstić information content (AvgIpc) is 2.18. The number of piperidine rings is 1. The van der Waals surface area contributed by atoms with Crippen LogP contribution in [0, 0.1) is 0 Å². The third-order valence-electron chi connectivity index (χ3n) is 2.81. The summed E-state index contributed by atoms with van der Waals surface area (Å²) in [5.41, 5.74) is 5.79. The topological polar surface area (TPSA) is 92.5 Å². The largest absolute Gasteiger partial charge is 0.328 e. The molecule has 0 aromatic rings. The zero-order chi connectivity index (χ0) is 12.9. The Morgan fingerprint density at radius 3 is 2.53 bits per heavy atom. The van der Waals surface area contributed by atoms with E-state index in [0.717, 1.165) is 38.7 Å². The van der Waals surface area contributed by atoms with E-state index in [1.54, 1.807) is 0 Å². The van der Waals surface area contributed by atoms with Gasteiger partial charge < -0.3 is 10.6 Å². The summed E-state index contributed by atoms with van der Waals surface area (Å²) in [5.74, 6) is -0.429. The van der Waals surface area contributed by atoms with Gasteiger partial charge in [0, 0.05) is 12.5 Å². The first kappa shape index (κ1) is 14.4. The van der Waals surface area contributed by atoms with Gasteiger partial charge in [-0.05, 0) is 38.9 Å². The number of carbonyl (C=O) groups excluding carboxylic acids is 1. The minimum atomic E-state index is -3.42. The molecule has 3 N–H and O–H groups in total. The molecule has 0 aromatic heterocycles. The molecule has 0 bridgehead atoms. The summed E-state index contributed by atoms with van der Waals surface area (Å²) in [5, 5.41) is 0. The summed E-state index contributed by atoms with van der Waals surface area (Å²) in [6.07, 6.45) is 3.90. The molecule has 0 spiro atoms. The van der Waals surface area contributed by atoms with Crippen LogP contribution in [0.5, 0.6) is 0 Å². The third-order valence-corrected chi connectivity index (χ3v) is 3.41. The highest BCUT2D eigenvalue weighted by Gasteiger charge is 2.16. The first-order valence-electron chi connectivity index (χ1n) is 5.85. The summed E-state index contributed by atoms with van der Waals surface area (Å²) in [6.45, 7) is 2.76. The number of nitrogens with zero attached hydrogens (tertiary/aromatic N) is 1. The van der Waals surface area contributed by atoms with Crippen LogP contribution in [0.4, 0.5) is 0 Å². The van der Waals surface area contributed by atoms with E-state index in [1.807, 2.05) is 4.72 Å². The Kier molecular flexibility index (Phi) is 5.35. The molecule has 100 valence electrons. The Morgan fingerprint density at radius 1 is 1.41 bits per heavy atom. The highest BCUT2D eigenvalue weighted by molar-refractivity contribution is 7.89. The second-order valence-electron chi connectivity index (χ2n) is 4.58. The van der Waals surface area contributed by atoms with Gasteiger partial charge in [0.25, 0.3) is 0 Å². The molecule has 1 aliphatic heterocycles. The summed E-state index contributed by atoms with van der Waals surface area (Å²) < 4.78 is 23.5. The van der Waals surface area contributed by atoms with Crippen LogP contribution < -0.4 is 10.5 Å². The van der Waals surface area contributed by atoms with Crippen LogP contribution in [0.1, 0.15) is 25.7 Å². The van der Waals surface area contributed by atoms with Crippen molar-refractivity contribution in [1.82, 2.24) is 9.62 Å². The van der Waals surface area contributed by atoms with Gasteiger partial charge >= 0.3 is 0 Å².